The number of nitrogens with zero attached hydrogens (tertiary/aromatic N) is 2. The lowest BCUT2D eigenvalue weighted by Crippen LogP contribution is -3.00. The standard InChI is InChI=1S/C32H50ClN2O2.HI/c1-4-6-7-8-9-10-11-12-13-14-15-16-17-20-25-37-32-23-22-29(26-31(32)33)35(28(3)36)27-30-21-18-19-24-34(30)5-2;/h18-19,21-24,26H,4-17,20,25,27H2,1-3H3;1H/q+1;/p-1. The highest BCUT2D eigenvalue weighted by molar-refractivity contribution is 6.32. The normalized spacial score (nSPS) is 10.7. The smallest absolute Gasteiger partial charge is 0.224 e. The van der Waals surface area contributed by atoms with E-state index in [1.807, 2.05) is 36.5 Å². The molecule has 0 saturated heterocycles. The Bertz CT molecular complexity index is 909. The molecular weight excluding hydrogens is 607 g/mol. The minimum atomic E-state index is -0.0151. The Morgan fingerprint density at radius 1 is 0.842 bits per heavy atom. The van der Waals surface area contributed by atoms with Crippen LogP contribution >= 0.6 is 11.6 Å². The van der Waals surface area contributed by atoms with E-state index in [0.29, 0.717) is 23.9 Å². The average Bonchev–Trinajstić information content (AvgIpc) is 2.90. The quantitative estimate of drug-likeness (QED) is 0.0986. The molecule has 2 aromatic rings. The number of carbonyl (C=O) groups excluding carboxylic acids is 1. The fourth-order valence-electron chi connectivity index (χ4n) is 4.76. The molecular formula is C32H50ClIN2O2. The van der Waals surface area contributed by atoms with E-state index in [9.17, 15) is 4.79 Å². The predicted molar refractivity (Wildman–Crippen MR) is 156 cm³/mol. The van der Waals surface area contributed by atoms with E-state index in [2.05, 4.69) is 24.5 Å². The van der Waals surface area contributed by atoms with Crippen molar-refractivity contribution in [3.05, 3.63) is 53.3 Å². The second kappa shape index (κ2) is 21.5. The SMILES string of the molecule is CCCCCCCCCCCCCCCCOc1ccc(N(Cc2cccc[n+]2CC)C(C)=O)cc1Cl.[I-]. The molecule has 1 heterocycles. The zero-order valence-corrected chi connectivity index (χ0v) is 26.9. The van der Waals surface area contributed by atoms with Gasteiger partial charge in [-0.25, -0.2) is 4.57 Å². The maximum atomic E-state index is 12.4. The first kappa shape index (κ1) is 34.7. The molecule has 0 radical (unpaired) electrons. The summed E-state index contributed by atoms with van der Waals surface area (Å²) >= 11 is 6.54. The van der Waals surface area contributed by atoms with Crippen LogP contribution in [-0.4, -0.2) is 12.5 Å². The molecule has 6 heteroatoms. The van der Waals surface area contributed by atoms with Crippen LogP contribution in [0.4, 0.5) is 5.69 Å². The number of halogens is 2. The third-order valence-electron chi connectivity index (χ3n) is 7.06. The lowest BCUT2D eigenvalue weighted by molar-refractivity contribution is -0.700. The number of aromatic nitrogens is 1. The van der Waals surface area contributed by atoms with Crippen molar-refractivity contribution in [3.8, 4) is 5.75 Å². The molecule has 2 rings (SSSR count). The molecule has 214 valence electrons. The van der Waals surface area contributed by atoms with Crippen LogP contribution in [0.25, 0.3) is 0 Å². The average molecular weight is 657 g/mol. The van der Waals surface area contributed by atoms with Crippen molar-refractivity contribution in [2.24, 2.45) is 0 Å². The van der Waals surface area contributed by atoms with Crippen LogP contribution in [-0.2, 0) is 17.9 Å². The van der Waals surface area contributed by atoms with E-state index in [0.717, 1.165) is 24.3 Å². The van der Waals surface area contributed by atoms with E-state index in [1.165, 1.54) is 83.5 Å². The summed E-state index contributed by atoms with van der Waals surface area (Å²) in [7, 11) is 0. The number of pyridine rings is 1. The number of unbranched alkanes of at least 4 members (excludes halogenated alkanes) is 13. The van der Waals surface area contributed by atoms with Gasteiger partial charge in [-0.3, -0.25) is 4.79 Å². The van der Waals surface area contributed by atoms with Gasteiger partial charge in [-0.05, 0) is 31.5 Å². The largest absolute Gasteiger partial charge is 1.00 e. The molecule has 4 nitrogen and oxygen atoms in total. The molecule has 1 aromatic heterocycles. The van der Waals surface area contributed by atoms with Gasteiger partial charge in [0, 0.05) is 24.7 Å². The van der Waals surface area contributed by atoms with Gasteiger partial charge in [0.05, 0.1) is 11.6 Å². The minimum absolute atomic E-state index is 0. The first-order valence-electron chi connectivity index (χ1n) is 14.7. The van der Waals surface area contributed by atoms with Crippen LogP contribution < -0.4 is 38.2 Å². The molecule has 1 aromatic carbocycles. The van der Waals surface area contributed by atoms with Gasteiger partial charge in [0.1, 0.15) is 18.8 Å². The van der Waals surface area contributed by atoms with E-state index in [4.69, 9.17) is 16.3 Å². The number of benzene rings is 1. The molecule has 0 unspecified atom stereocenters. The fourth-order valence-corrected chi connectivity index (χ4v) is 4.99. The summed E-state index contributed by atoms with van der Waals surface area (Å²) in [6, 6.07) is 11.7. The molecule has 0 aliphatic heterocycles. The lowest BCUT2D eigenvalue weighted by atomic mass is 10.0. The van der Waals surface area contributed by atoms with E-state index in [-0.39, 0.29) is 29.9 Å². The number of hydrogen-bond donors (Lipinski definition) is 0. The molecule has 0 fully saturated rings. The van der Waals surface area contributed by atoms with Crippen molar-refractivity contribution < 1.29 is 38.1 Å². The van der Waals surface area contributed by atoms with Gasteiger partial charge < -0.3 is 33.6 Å². The van der Waals surface area contributed by atoms with Gasteiger partial charge >= 0.3 is 0 Å². The Morgan fingerprint density at radius 2 is 1.42 bits per heavy atom. The van der Waals surface area contributed by atoms with E-state index < -0.39 is 0 Å². The summed E-state index contributed by atoms with van der Waals surface area (Å²) in [5.74, 6) is 0.672. The Hall–Kier alpha value is -1.34. The number of aryl methyl sites for hydroxylation is 1. The Kier molecular flexibility index (Phi) is 19.6. The minimum Gasteiger partial charge on any atom is -1.00 e. The molecule has 0 saturated carbocycles. The highest BCUT2D eigenvalue weighted by Crippen LogP contribution is 2.30. The summed E-state index contributed by atoms with van der Waals surface area (Å²) < 4.78 is 8.10. The monoisotopic (exact) mass is 656 g/mol. The highest BCUT2D eigenvalue weighted by atomic mass is 127. The van der Waals surface area contributed by atoms with Gasteiger partial charge in [-0.2, -0.15) is 0 Å². The third-order valence-corrected chi connectivity index (χ3v) is 7.35. The zero-order chi connectivity index (χ0) is 26.7. The van der Waals surface area contributed by atoms with Gasteiger partial charge in [0.15, 0.2) is 6.20 Å². The number of hydrogen-bond acceptors (Lipinski definition) is 2. The van der Waals surface area contributed by atoms with Crippen molar-refractivity contribution >= 4 is 23.2 Å². The van der Waals surface area contributed by atoms with Crippen LogP contribution in [0.2, 0.25) is 5.02 Å². The van der Waals surface area contributed by atoms with Crippen LogP contribution in [0.15, 0.2) is 42.6 Å². The maximum absolute atomic E-state index is 12.4. The number of rotatable bonds is 20. The van der Waals surface area contributed by atoms with Crippen LogP contribution in [0.3, 0.4) is 0 Å². The molecule has 38 heavy (non-hydrogen) atoms. The second-order valence-corrected chi connectivity index (χ2v) is 10.5. The maximum Gasteiger partial charge on any atom is 0.224 e. The van der Waals surface area contributed by atoms with Crippen molar-refractivity contribution in [1.29, 1.82) is 0 Å². The fraction of sp³-hybridized carbons (Fsp3) is 0.625. The first-order valence-corrected chi connectivity index (χ1v) is 15.1. The number of carbonyl (C=O) groups is 1. The highest BCUT2D eigenvalue weighted by Gasteiger charge is 2.19. The molecule has 0 N–H and O–H groups in total. The van der Waals surface area contributed by atoms with E-state index >= 15 is 0 Å². The molecule has 0 aliphatic carbocycles. The van der Waals surface area contributed by atoms with Crippen LogP contribution in [0.1, 0.15) is 116 Å². The second-order valence-electron chi connectivity index (χ2n) is 10.1. The number of anilines is 1. The number of ether oxygens (including phenoxy) is 1. The van der Waals surface area contributed by atoms with Crippen LogP contribution in [0.5, 0.6) is 5.75 Å². The van der Waals surface area contributed by atoms with Crippen molar-refractivity contribution in [3.63, 3.8) is 0 Å². The van der Waals surface area contributed by atoms with Crippen molar-refractivity contribution in [2.75, 3.05) is 11.5 Å². The topological polar surface area (TPSA) is 33.4 Å². The molecule has 0 spiro atoms. The van der Waals surface area contributed by atoms with Gasteiger partial charge in [0.2, 0.25) is 11.6 Å². The molecule has 0 bridgehead atoms. The Morgan fingerprint density at radius 3 is 1.95 bits per heavy atom. The molecule has 0 atom stereocenters. The summed E-state index contributed by atoms with van der Waals surface area (Å²) in [6.07, 6.45) is 20.9. The third kappa shape index (κ3) is 13.6. The Balaban J connectivity index is 0.00000722. The zero-order valence-electron chi connectivity index (χ0n) is 24.0. The van der Waals surface area contributed by atoms with Gasteiger partial charge in [-0.1, -0.05) is 108 Å². The first-order chi connectivity index (χ1) is 18.1. The van der Waals surface area contributed by atoms with Gasteiger partial charge in [0.25, 0.3) is 0 Å². The predicted octanol–water partition coefficient (Wildman–Crippen LogP) is 6.06. The van der Waals surface area contributed by atoms with E-state index in [1.54, 1.807) is 11.8 Å². The summed E-state index contributed by atoms with van der Waals surface area (Å²) in [4.78, 5) is 14.2. The molecule has 0 aliphatic rings. The molecule has 1 amide bonds. The summed E-state index contributed by atoms with van der Waals surface area (Å²) in [5, 5.41) is 0.547. The lowest BCUT2D eigenvalue weighted by Gasteiger charge is -2.21. The van der Waals surface area contributed by atoms with Crippen LogP contribution in [0, 0.1) is 0 Å². The van der Waals surface area contributed by atoms with Crippen molar-refractivity contribution in [2.45, 2.75) is 124 Å². The summed E-state index contributed by atoms with van der Waals surface area (Å²) in [6.45, 7) is 8.00. The summed E-state index contributed by atoms with van der Waals surface area (Å²) in [5.41, 5.74) is 1.86. The Labute approximate surface area is 254 Å². The van der Waals surface area contributed by atoms with Crippen molar-refractivity contribution in [1.82, 2.24) is 0 Å². The van der Waals surface area contributed by atoms with Gasteiger partial charge in [-0.15, -0.1) is 0 Å². The number of amides is 1.